The summed E-state index contributed by atoms with van der Waals surface area (Å²) in [6, 6.07) is 3.78. The highest BCUT2D eigenvalue weighted by Crippen LogP contribution is 2.23. The van der Waals surface area contributed by atoms with E-state index in [9.17, 15) is 4.79 Å². The number of imidazole rings is 1. The normalized spacial score (nSPS) is 21.5. The predicted octanol–water partition coefficient (Wildman–Crippen LogP) is 1.55. The predicted molar refractivity (Wildman–Crippen MR) is 81.7 cm³/mol. The molecule has 2 aromatic rings. The largest absolute Gasteiger partial charge is 0.396 e. The first-order valence-corrected chi connectivity index (χ1v) is 7.62. The smallest absolute Gasteiger partial charge is 0.253 e. The van der Waals surface area contributed by atoms with E-state index in [0.29, 0.717) is 11.5 Å². The maximum absolute atomic E-state index is 12.2. The van der Waals surface area contributed by atoms with Gasteiger partial charge in [0.1, 0.15) is 12.1 Å². The van der Waals surface area contributed by atoms with E-state index in [2.05, 4.69) is 15.3 Å². The zero-order valence-corrected chi connectivity index (χ0v) is 12.4. The van der Waals surface area contributed by atoms with Crippen LogP contribution in [0, 0.1) is 5.92 Å². The molecule has 2 N–H and O–H groups in total. The van der Waals surface area contributed by atoms with Crippen molar-refractivity contribution in [3.05, 3.63) is 42.6 Å². The van der Waals surface area contributed by atoms with Crippen LogP contribution in [0.15, 0.2) is 37.1 Å². The summed E-state index contributed by atoms with van der Waals surface area (Å²) in [6.07, 6.45) is 10.5. The number of nitrogens with one attached hydrogen (secondary N) is 1. The van der Waals surface area contributed by atoms with Gasteiger partial charge in [0, 0.05) is 31.2 Å². The number of carbonyl (C=O) groups is 1. The maximum Gasteiger partial charge on any atom is 0.253 e. The topological polar surface area (TPSA) is 80.0 Å². The minimum absolute atomic E-state index is 0.0860. The van der Waals surface area contributed by atoms with Crippen molar-refractivity contribution in [2.45, 2.75) is 31.7 Å². The van der Waals surface area contributed by atoms with Gasteiger partial charge in [0.05, 0.1) is 5.56 Å². The summed E-state index contributed by atoms with van der Waals surface area (Å²) in [5.41, 5.74) is 0.563. The molecule has 1 saturated carbocycles. The summed E-state index contributed by atoms with van der Waals surface area (Å²) in [5.74, 6) is 1.04. The Morgan fingerprint density at radius 3 is 2.73 bits per heavy atom. The highest BCUT2D eigenvalue weighted by Gasteiger charge is 2.22. The number of pyridine rings is 1. The Bertz CT molecular complexity index is 602. The molecule has 6 heteroatoms. The van der Waals surface area contributed by atoms with E-state index in [1.54, 1.807) is 35.4 Å². The van der Waals surface area contributed by atoms with E-state index < -0.39 is 0 Å². The Morgan fingerprint density at radius 2 is 2.14 bits per heavy atom. The van der Waals surface area contributed by atoms with Crippen molar-refractivity contribution in [2.24, 2.45) is 5.92 Å². The number of carbonyl (C=O) groups excluding carboxylic acids is 1. The molecule has 1 aliphatic rings. The number of hydrogen-bond donors (Lipinski definition) is 2. The fraction of sp³-hybridized carbons (Fsp3) is 0.438. The van der Waals surface area contributed by atoms with Gasteiger partial charge in [-0.2, -0.15) is 0 Å². The summed E-state index contributed by atoms with van der Waals surface area (Å²) < 4.78 is 1.79. The molecular formula is C16H20N4O2. The number of nitrogens with zero attached hydrogens (tertiary/aromatic N) is 3. The second-order valence-corrected chi connectivity index (χ2v) is 5.75. The van der Waals surface area contributed by atoms with Crippen molar-refractivity contribution in [1.82, 2.24) is 19.9 Å². The third-order valence-corrected chi connectivity index (χ3v) is 4.22. The lowest BCUT2D eigenvalue weighted by Gasteiger charge is -2.27. The zero-order valence-electron chi connectivity index (χ0n) is 12.4. The molecule has 3 rings (SSSR count). The van der Waals surface area contributed by atoms with Gasteiger partial charge < -0.3 is 10.4 Å². The Labute approximate surface area is 129 Å². The molecule has 22 heavy (non-hydrogen) atoms. The van der Waals surface area contributed by atoms with Crippen molar-refractivity contribution in [3.63, 3.8) is 0 Å². The number of aromatic nitrogens is 3. The van der Waals surface area contributed by atoms with Crippen LogP contribution in [0.5, 0.6) is 0 Å². The van der Waals surface area contributed by atoms with Crippen molar-refractivity contribution < 1.29 is 9.90 Å². The van der Waals surface area contributed by atoms with Gasteiger partial charge in [-0.05, 0) is 43.7 Å². The summed E-state index contributed by atoms with van der Waals surface area (Å²) >= 11 is 0. The molecule has 0 aromatic carbocycles. The lowest BCUT2D eigenvalue weighted by atomic mass is 9.86. The second kappa shape index (κ2) is 6.70. The van der Waals surface area contributed by atoms with E-state index in [0.717, 1.165) is 31.5 Å². The van der Waals surface area contributed by atoms with Crippen LogP contribution in [0.3, 0.4) is 0 Å². The standard InChI is InChI=1S/C16H20N4O2/c21-10-12-1-4-14(5-2-12)19-16(22)13-3-6-15(18-9-13)20-8-7-17-11-20/h3,6-9,11-12,14,21H,1-2,4-5,10H2,(H,19,22). The van der Waals surface area contributed by atoms with Crippen LogP contribution in [0.4, 0.5) is 0 Å². The highest BCUT2D eigenvalue weighted by atomic mass is 16.3. The number of aliphatic hydroxyl groups is 1. The first-order chi connectivity index (χ1) is 10.8. The molecule has 0 atom stereocenters. The van der Waals surface area contributed by atoms with Crippen LogP contribution < -0.4 is 5.32 Å². The first kappa shape index (κ1) is 14.7. The number of amides is 1. The van der Waals surface area contributed by atoms with E-state index in [1.807, 2.05) is 6.20 Å². The molecule has 2 heterocycles. The van der Waals surface area contributed by atoms with E-state index >= 15 is 0 Å². The monoisotopic (exact) mass is 300 g/mol. The third-order valence-electron chi connectivity index (χ3n) is 4.22. The molecule has 1 amide bonds. The molecule has 0 aliphatic heterocycles. The van der Waals surface area contributed by atoms with Gasteiger partial charge in [0.2, 0.25) is 0 Å². The fourth-order valence-electron chi connectivity index (χ4n) is 2.83. The Kier molecular flexibility index (Phi) is 4.48. The quantitative estimate of drug-likeness (QED) is 0.898. The molecule has 0 bridgehead atoms. The van der Waals surface area contributed by atoms with Gasteiger partial charge in [-0.1, -0.05) is 0 Å². The summed E-state index contributed by atoms with van der Waals surface area (Å²) in [6.45, 7) is 0.250. The van der Waals surface area contributed by atoms with Gasteiger partial charge in [0.15, 0.2) is 0 Å². The van der Waals surface area contributed by atoms with Crippen LogP contribution in [0.1, 0.15) is 36.0 Å². The first-order valence-electron chi connectivity index (χ1n) is 7.62. The summed E-state index contributed by atoms with van der Waals surface area (Å²) in [5, 5.41) is 12.2. The highest BCUT2D eigenvalue weighted by molar-refractivity contribution is 5.94. The van der Waals surface area contributed by atoms with Crippen LogP contribution in [0.25, 0.3) is 5.82 Å². The molecule has 6 nitrogen and oxygen atoms in total. The minimum atomic E-state index is -0.0860. The molecule has 0 saturated heterocycles. The molecular weight excluding hydrogens is 280 g/mol. The van der Waals surface area contributed by atoms with Gasteiger partial charge in [0.25, 0.3) is 5.91 Å². The molecule has 1 aliphatic carbocycles. The lowest BCUT2D eigenvalue weighted by Crippen LogP contribution is -2.38. The molecule has 2 aromatic heterocycles. The second-order valence-electron chi connectivity index (χ2n) is 5.75. The number of rotatable bonds is 4. The van der Waals surface area contributed by atoms with Crippen molar-refractivity contribution >= 4 is 5.91 Å². The van der Waals surface area contributed by atoms with Crippen LogP contribution >= 0.6 is 0 Å². The van der Waals surface area contributed by atoms with Crippen molar-refractivity contribution in [3.8, 4) is 5.82 Å². The SMILES string of the molecule is O=C(NC1CCC(CO)CC1)c1ccc(-n2ccnc2)nc1. The van der Waals surface area contributed by atoms with Crippen LogP contribution in [0.2, 0.25) is 0 Å². The van der Waals surface area contributed by atoms with E-state index in [-0.39, 0.29) is 18.6 Å². The average Bonchev–Trinajstić information content (AvgIpc) is 3.10. The van der Waals surface area contributed by atoms with Gasteiger partial charge >= 0.3 is 0 Å². The number of hydrogen-bond acceptors (Lipinski definition) is 4. The molecule has 116 valence electrons. The van der Waals surface area contributed by atoms with Gasteiger partial charge in [-0.15, -0.1) is 0 Å². The fourth-order valence-corrected chi connectivity index (χ4v) is 2.83. The summed E-state index contributed by atoms with van der Waals surface area (Å²) in [7, 11) is 0. The van der Waals surface area contributed by atoms with Gasteiger partial charge in [-0.3, -0.25) is 9.36 Å². The molecule has 1 fully saturated rings. The molecule has 0 unspecified atom stereocenters. The average molecular weight is 300 g/mol. The van der Waals surface area contributed by atoms with E-state index in [1.165, 1.54) is 0 Å². The Hall–Kier alpha value is -2.21. The van der Waals surface area contributed by atoms with Crippen molar-refractivity contribution in [2.75, 3.05) is 6.61 Å². The van der Waals surface area contributed by atoms with E-state index in [4.69, 9.17) is 5.11 Å². The number of aliphatic hydroxyl groups excluding tert-OH is 1. The molecule has 0 spiro atoms. The summed E-state index contributed by atoms with van der Waals surface area (Å²) in [4.78, 5) is 20.5. The van der Waals surface area contributed by atoms with Crippen LogP contribution in [-0.4, -0.2) is 38.2 Å². The zero-order chi connectivity index (χ0) is 15.4. The Morgan fingerprint density at radius 1 is 1.32 bits per heavy atom. The van der Waals surface area contributed by atoms with Gasteiger partial charge in [-0.25, -0.2) is 9.97 Å². The van der Waals surface area contributed by atoms with Crippen molar-refractivity contribution in [1.29, 1.82) is 0 Å². The third kappa shape index (κ3) is 3.33. The minimum Gasteiger partial charge on any atom is -0.396 e. The maximum atomic E-state index is 12.2. The molecule has 0 radical (unpaired) electrons. The van der Waals surface area contributed by atoms with Crippen LogP contribution in [-0.2, 0) is 0 Å². The Balaban J connectivity index is 1.58. The lowest BCUT2D eigenvalue weighted by molar-refractivity contribution is 0.0913.